The molecule has 4 saturated carbocycles. The summed E-state index contributed by atoms with van der Waals surface area (Å²) < 4.78 is 5.86. The van der Waals surface area contributed by atoms with Crippen LogP contribution in [0.5, 0.6) is 0 Å². The largest absolute Gasteiger partial charge is 0.458 e. The highest BCUT2D eigenvalue weighted by Crippen LogP contribution is 2.54. The molecular formula is C18H19NO2. The number of benzene rings is 1. The van der Waals surface area contributed by atoms with E-state index < -0.39 is 0 Å². The van der Waals surface area contributed by atoms with Gasteiger partial charge < -0.3 is 4.74 Å². The Hall–Kier alpha value is -1.82. The summed E-state index contributed by atoms with van der Waals surface area (Å²) in [5, 5.41) is 8.80. The fraction of sp³-hybridized carbons (Fsp3) is 0.556. The van der Waals surface area contributed by atoms with E-state index in [9.17, 15) is 4.79 Å². The lowest BCUT2D eigenvalue weighted by atomic mass is 9.55. The molecule has 4 bridgehead atoms. The standard InChI is InChI=1S/C18H19NO2/c19-10-11-1-3-14(4-2-11)18(20)21-17-15-6-12-5-13(8-15)9-16(17)7-12/h1-4,12-13,15-17H,5-9H2. The summed E-state index contributed by atoms with van der Waals surface area (Å²) in [5.41, 5.74) is 1.13. The van der Waals surface area contributed by atoms with Crippen LogP contribution < -0.4 is 0 Å². The highest BCUT2D eigenvalue weighted by Gasteiger charge is 2.49. The molecule has 0 atom stereocenters. The van der Waals surface area contributed by atoms with E-state index in [1.54, 1.807) is 24.3 Å². The molecule has 0 amide bonds. The second kappa shape index (κ2) is 4.87. The fourth-order valence-electron chi connectivity index (χ4n) is 4.94. The smallest absolute Gasteiger partial charge is 0.338 e. The molecule has 1 aromatic carbocycles. The minimum absolute atomic E-state index is 0.126. The van der Waals surface area contributed by atoms with Crippen molar-refractivity contribution in [2.75, 3.05) is 0 Å². The molecular weight excluding hydrogens is 262 g/mol. The predicted molar refractivity (Wildman–Crippen MR) is 77.4 cm³/mol. The zero-order chi connectivity index (χ0) is 14.4. The third kappa shape index (κ3) is 2.23. The molecule has 4 aliphatic carbocycles. The first-order chi connectivity index (χ1) is 10.2. The third-order valence-electron chi connectivity index (χ3n) is 5.63. The number of hydrogen-bond acceptors (Lipinski definition) is 3. The number of nitrogens with zero attached hydrogens (tertiary/aromatic N) is 1. The second-order valence-electron chi connectivity index (χ2n) is 6.99. The molecule has 0 heterocycles. The number of esters is 1. The Balaban J connectivity index is 1.48. The molecule has 0 unspecified atom stereocenters. The Bertz CT molecular complexity index is 571. The predicted octanol–water partition coefficient (Wildman–Crippen LogP) is 3.54. The molecule has 3 heteroatoms. The van der Waals surface area contributed by atoms with E-state index in [1.807, 2.05) is 0 Å². The van der Waals surface area contributed by atoms with Crippen molar-refractivity contribution in [3.63, 3.8) is 0 Å². The molecule has 3 nitrogen and oxygen atoms in total. The SMILES string of the molecule is N#Cc1ccc(C(=O)OC2C3CC4CC(C3)CC2C4)cc1. The van der Waals surface area contributed by atoms with E-state index >= 15 is 0 Å². The van der Waals surface area contributed by atoms with Crippen LogP contribution in [0.25, 0.3) is 0 Å². The number of rotatable bonds is 2. The molecule has 0 spiro atoms. The summed E-state index contributed by atoms with van der Waals surface area (Å²) in [6.07, 6.45) is 6.53. The molecule has 1 aromatic rings. The van der Waals surface area contributed by atoms with Crippen molar-refractivity contribution in [1.82, 2.24) is 0 Å². The van der Waals surface area contributed by atoms with Gasteiger partial charge in [-0.25, -0.2) is 4.79 Å². The van der Waals surface area contributed by atoms with E-state index in [-0.39, 0.29) is 12.1 Å². The van der Waals surface area contributed by atoms with Crippen molar-refractivity contribution in [1.29, 1.82) is 5.26 Å². The summed E-state index contributed by atoms with van der Waals surface area (Å²) in [6.45, 7) is 0. The van der Waals surface area contributed by atoms with Crippen LogP contribution in [0.1, 0.15) is 48.0 Å². The summed E-state index contributed by atoms with van der Waals surface area (Å²) >= 11 is 0. The summed E-state index contributed by atoms with van der Waals surface area (Å²) in [4.78, 5) is 12.3. The molecule has 0 radical (unpaired) electrons. The quantitative estimate of drug-likeness (QED) is 0.779. The molecule has 0 aromatic heterocycles. The van der Waals surface area contributed by atoms with Gasteiger partial charge >= 0.3 is 5.97 Å². The number of ether oxygens (including phenoxy) is 1. The lowest BCUT2D eigenvalue weighted by Crippen LogP contribution is -2.50. The molecule has 0 N–H and O–H groups in total. The maximum absolute atomic E-state index is 12.3. The molecule has 4 fully saturated rings. The average Bonchev–Trinajstić information content (AvgIpc) is 2.50. The summed E-state index contributed by atoms with van der Waals surface area (Å²) in [5.74, 6) is 2.72. The zero-order valence-corrected chi connectivity index (χ0v) is 12.0. The van der Waals surface area contributed by atoms with Gasteiger partial charge in [-0.1, -0.05) is 0 Å². The highest BCUT2D eigenvalue weighted by molar-refractivity contribution is 5.89. The summed E-state index contributed by atoms with van der Waals surface area (Å²) in [7, 11) is 0. The van der Waals surface area contributed by atoms with Crippen LogP contribution in [0.4, 0.5) is 0 Å². The van der Waals surface area contributed by atoms with Crippen LogP contribution in [-0.2, 0) is 4.74 Å². The second-order valence-corrected chi connectivity index (χ2v) is 6.99. The average molecular weight is 281 g/mol. The first kappa shape index (κ1) is 12.9. The maximum atomic E-state index is 12.3. The van der Waals surface area contributed by atoms with Crippen LogP contribution in [0.3, 0.4) is 0 Å². The van der Waals surface area contributed by atoms with Crippen LogP contribution in [0.2, 0.25) is 0 Å². The van der Waals surface area contributed by atoms with Crippen molar-refractivity contribution >= 4 is 5.97 Å². The normalized spacial score (nSPS) is 36.2. The highest BCUT2D eigenvalue weighted by atomic mass is 16.5. The van der Waals surface area contributed by atoms with Gasteiger partial charge in [0, 0.05) is 0 Å². The van der Waals surface area contributed by atoms with Gasteiger partial charge in [-0.2, -0.15) is 5.26 Å². The van der Waals surface area contributed by atoms with Crippen molar-refractivity contribution in [2.24, 2.45) is 23.7 Å². The Morgan fingerprint density at radius 2 is 1.57 bits per heavy atom. The number of carbonyl (C=O) groups excluding carboxylic acids is 1. The van der Waals surface area contributed by atoms with Gasteiger partial charge in [-0.3, -0.25) is 0 Å². The first-order valence-electron chi connectivity index (χ1n) is 7.94. The Morgan fingerprint density at radius 3 is 2.10 bits per heavy atom. The van der Waals surface area contributed by atoms with Crippen molar-refractivity contribution in [3.8, 4) is 6.07 Å². The third-order valence-corrected chi connectivity index (χ3v) is 5.63. The lowest BCUT2D eigenvalue weighted by Gasteiger charge is -2.53. The van der Waals surface area contributed by atoms with Gasteiger partial charge in [-0.15, -0.1) is 0 Å². The Morgan fingerprint density at radius 1 is 1.00 bits per heavy atom. The lowest BCUT2D eigenvalue weighted by molar-refractivity contribution is -0.101. The van der Waals surface area contributed by atoms with Gasteiger partial charge in [0.1, 0.15) is 6.10 Å². The summed E-state index contributed by atoms with van der Waals surface area (Å²) in [6, 6.07) is 8.80. The molecule has 21 heavy (non-hydrogen) atoms. The van der Waals surface area contributed by atoms with E-state index in [4.69, 9.17) is 10.00 Å². The van der Waals surface area contributed by atoms with E-state index in [2.05, 4.69) is 6.07 Å². The zero-order valence-electron chi connectivity index (χ0n) is 12.0. The molecule has 0 aliphatic heterocycles. The maximum Gasteiger partial charge on any atom is 0.338 e. The van der Waals surface area contributed by atoms with Gasteiger partial charge in [0.15, 0.2) is 0 Å². The molecule has 108 valence electrons. The molecule has 4 aliphatic rings. The van der Waals surface area contributed by atoms with Crippen LogP contribution in [0.15, 0.2) is 24.3 Å². The van der Waals surface area contributed by atoms with Gasteiger partial charge in [0.25, 0.3) is 0 Å². The minimum atomic E-state index is -0.225. The van der Waals surface area contributed by atoms with Crippen LogP contribution in [-0.4, -0.2) is 12.1 Å². The Kier molecular flexibility index (Phi) is 2.99. The van der Waals surface area contributed by atoms with Gasteiger partial charge in [0.05, 0.1) is 17.2 Å². The Labute approximate surface area is 124 Å². The van der Waals surface area contributed by atoms with Crippen molar-refractivity contribution in [3.05, 3.63) is 35.4 Å². The minimum Gasteiger partial charge on any atom is -0.458 e. The number of hydrogen-bond donors (Lipinski definition) is 0. The van der Waals surface area contributed by atoms with Crippen LogP contribution in [0, 0.1) is 35.0 Å². The van der Waals surface area contributed by atoms with E-state index in [0.717, 1.165) is 11.8 Å². The number of carbonyl (C=O) groups is 1. The molecule has 5 rings (SSSR count). The number of nitriles is 1. The van der Waals surface area contributed by atoms with E-state index in [1.165, 1.54) is 32.1 Å². The van der Waals surface area contributed by atoms with Gasteiger partial charge in [-0.05, 0) is 80.0 Å². The fourth-order valence-corrected chi connectivity index (χ4v) is 4.94. The van der Waals surface area contributed by atoms with Crippen LogP contribution >= 0.6 is 0 Å². The monoisotopic (exact) mass is 281 g/mol. The topological polar surface area (TPSA) is 50.1 Å². The van der Waals surface area contributed by atoms with E-state index in [0.29, 0.717) is 23.0 Å². The molecule has 0 saturated heterocycles. The van der Waals surface area contributed by atoms with Crippen molar-refractivity contribution < 1.29 is 9.53 Å². The van der Waals surface area contributed by atoms with Gasteiger partial charge in [0.2, 0.25) is 0 Å². The first-order valence-corrected chi connectivity index (χ1v) is 7.94. The van der Waals surface area contributed by atoms with Crippen molar-refractivity contribution in [2.45, 2.75) is 38.2 Å².